The van der Waals surface area contributed by atoms with E-state index in [1.807, 2.05) is 23.1 Å². The van der Waals surface area contributed by atoms with E-state index in [0.29, 0.717) is 52.6 Å². The summed E-state index contributed by atoms with van der Waals surface area (Å²) in [6.07, 6.45) is 4.69. The zero-order chi connectivity index (χ0) is 30.3. The fourth-order valence-electron chi connectivity index (χ4n) is 4.71. The highest BCUT2D eigenvalue weighted by molar-refractivity contribution is 6.30. The van der Waals surface area contributed by atoms with Gasteiger partial charge in [0, 0.05) is 62.1 Å². The largest absolute Gasteiger partial charge is 0.494 e. The summed E-state index contributed by atoms with van der Waals surface area (Å²) in [5.41, 5.74) is 2.79. The van der Waals surface area contributed by atoms with Gasteiger partial charge in [-0.05, 0) is 29.8 Å². The van der Waals surface area contributed by atoms with Crippen molar-refractivity contribution in [2.45, 2.75) is 13.0 Å². The number of amides is 3. The molecule has 0 radical (unpaired) electrons. The van der Waals surface area contributed by atoms with Crippen molar-refractivity contribution < 1.29 is 19.4 Å². The Morgan fingerprint density at radius 2 is 1.93 bits per heavy atom. The van der Waals surface area contributed by atoms with Crippen molar-refractivity contribution in [1.29, 1.82) is 0 Å². The molecule has 1 saturated heterocycles. The van der Waals surface area contributed by atoms with Crippen molar-refractivity contribution in [3.8, 4) is 11.6 Å². The summed E-state index contributed by atoms with van der Waals surface area (Å²) in [5.74, 6) is 1.51. The fourth-order valence-corrected chi connectivity index (χ4v) is 4.91. The lowest BCUT2D eigenvalue weighted by Crippen LogP contribution is -2.48. The van der Waals surface area contributed by atoms with Gasteiger partial charge in [0.05, 0.1) is 43.5 Å². The first kappa shape index (κ1) is 29.6. The predicted molar refractivity (Wildman–Crippen MR) is 163 cm³/mol. The van der Waals surface area contributed by atoms with E-state index < -0.39 is 12.1 Å². The van der Waals surface area contributed by atoms with Gasteiger partial charge in [0.25, 0.3) is 0 Å². The van der Waals surface area contributed by atoms with E-state index in [9.17, 15) is 14.7 Å². The molecule has 1 fully saturated rings. The second-order valence-electron chi connectivity index (χ2n) is 9.80. The number of anilines is 4. The number of rotatable bonds is 9. The van der Waals surface area contributed by atoms with Crippen LogP contribution in [0.4, 0.5) is 27.8 Å². The van der Waals surface area contributed by atoms with Gasteiger partial charge >= 0.3 is 6.03 Å². The standard InChI is InChI=1S/C29H32ClN9O4/c1-19(41)37-10-12-38(13-11-37)23-6-7-24(26(15-23)43-2)34-28-31-9-8-27(36-28)39-17-22(16-32-39)33-29(42)35-25(18-40)20-4-3-5-21(30)14-20/h3-9,14-17,25,40H,10-13,18H2,1-2H3,(H,31,34,36)(H2,33,35,42)/t25-/m1/s1. The average Bonchev–Trinajstić information content (AvgIpc) is 3.48. The van der Waals surface area contributed by atoms with Gasteiger partial charge < -0.3 is 35.6 Å². The third kappa shape index (κ3) is 7.31. The van der Waals surface area contributed by atoms with Crippen LogP contribution in [-0.2, 0) is 4.79 Å². The fraction of sp³-hybridized carbons (Fsp3) is 0.276. The molecule has 0 saturated carbocycles. The van der Waals surface area contributed by atoms with Crippen LogP contribution in [0.5, 0.6) is 5.75 Å². The van der Waals surface area contributed by atoms with Gasteiger partial charge in [-0.15, -0.1) is 0 Å². The Labute approximate surface area is 253 Å². The zero-order valence-corrected chi connectivity index (χ0v) is 24.5. The van der Waals surface area contributed by atoms with Crippen LogP contribution in [-0.4, -0.2) is 81.6 Å². The quantitative estimate of drug-likeness (QED) is 0.224. The van der Waals surface area contributed by atoms with E-state index >= 15 is 0 Å². The average molecular weight is 606 g/mol. The number of nitrogens with zero attached hydrogens (tertiary/aromatic N) is 6. The predicted octanol–water partition coefficient (Wildman–Crippen LogP) is 3.59. The monoisotopic (exact) mass is 605 g/mol. The van der Waals surface area contributed by atoms with Crippen LogP contribution < -0.4 is 25.6 Å². The number of aromatic nitrogens is 4. The number of aliphatic hydroxyl groups is 1. The van der Waals surface area contributed by atoms with Gasteiger partial charge in [0.1, 0.15) is 5.75 Å². The lowest BCUT2D eigenvalue weighted by atomic mass is 10.1. The van der Waals surface area contributed by atoms with E-state index in [-0.39, 0.29) is 12.5 Å². The number of halogens is 1. The van der Waals surface area contributed by atoms with E-state index in [2.05, 4.69) is 35.9 Å². The molecule has 4 N–H and O–H groups in total. The smallest absolute Gasteiger partial charge is 0.319 e. The van der Waals surface area contributed by atoms with Crippen LogP contribution in [0, 0.1) is 0 Å². The molecule has 3 amide bonds. The number of nitrogens with one attached hydrogen (secondary N) is 3. The van der Waals surface area contributed by atoms with Crippen LogP contribution in [0.3, 0.4) is 0 Å². The van der Waals surface area contributed by atoms with Crippen molar-refractivity contribution in [3.05, 3.63) is 77.7 Å². The highest BCUT2D eigenvalue weighted by atomic mass is 35.5. The van der Waals surface area contributed by atoms with Gasteiger partial charge in [0.2, 0.25) is 11.9 Å². The Kier molecular flexibility index (Phi) is 9.23. The van der Waals surface area contributed by atoms with Crippen LogP contribution in [0.15, 0.2) is 67.1 Å². The maximum atomic E-state index is 12.6. The summed E-state index contributed by atoms with van der Waals surface area (Å²) in [7, 11) is 1.60. The molecule has 0 spiro atoms. The van der Waals surface area contributed by atoms with Crippen molar-refractivity contribution in [3.63, 3.8) is 0 Å². The van der Waals surface area contributed by atoms with Crippen molar-refractivity contribution in [1.82, 2.24) is 30.0 Å². The first-order chi connectivity index (χ1) is 20.8. The maximum Gasteiger partial charge on any atom is 0.319 e. The third-order valence-corrected chi connectivity index (χ3v) is 7.21. The molecule has 5 rings (SSSR count). The van der Waals surface area contributed by atoms with E-state index in [4.69, 9.17) is 16.3 Å². The molecule has 13 nitrogen and oxygen atoms in total. The lowest BCUT2D eigenvalue weighted by Gasteiger charge is -2.35. The minimum atomic E-state index is -0.632. The van der Waals surface area contributed by atoms with E-state index in [0.717, 1.165) is 18.8 Å². The molecule has 1 aliphatic heterocycles. The second kappa shape index (κ2) is 13.4. The molecular formula is C29H32ClN9O4. The van der Waals surface area contributed by atoms with Crippen molar-refractivity contribution in [2.75, 3.05) is 55.4 Å². The molecule has 0 unspecified atom stereocenters. The second-order valence-corrected chi connectivity index (χ2v) is 10.2. The Balaban J connectivity index is 1.23. The first-order valence-corrected chi connectivity index (χ1v) is 14.0. The Morgan fingerprint density at radius 1 is 1.12 bits per heavy atom. The van der Waals surface area contributed by atoms with Crippen LogP contribution in [0.2, 0.25) is 5.02 Å². The number of hydrogen-bond acceptors (Lipinski definition) is 9. The Bertz CT molecular complexity index is 1590. The van der Waals surface area contributed by atoms with E-state index in [1.165, 1.54) is 10.9 Å². The molecular weight excluding hydrogens is 574 g/mol. The maximum absolute atomic E-state index is 12.6. The summed E-state index contributed by atoms with van der Waals surface area (Å²) >= 11 is 6.04. The molecule has 1 atom stereocenters. The summed E-state index contributed by atoms with van der Waals surface area (Å²) in [6.45, 7) is 4.14. The van der Waals surface area contributed by atoms with E-state index in [1.54, 1.807) is 56.8 Å². The zero-order valence-electron chi connectivity index (χ0n) is 23.7. The van der Waals surface area contributed by atoms with Crippen LogP contribution in [0.1, 0.15) is 18.5 Å². The van der Waals surface area contributed by atoms with Crippen LogP contribution in [0.25, 0.3) is 5.82 Å². The summed E-state index contributed by atoms with van der Waals surface area (Å²) in [4.78, 5) is 37.2. The van der Waals surface area contributed by atoms with Gasteiger partial charge in [0.15, 0.2) is 5.82 Å². The molecule has 2 aromatic heterocycles. The number of ether oxygens (including phenoxy) is 1. The molecule has 0 aliphatic carbocycles. The number of aliphatic hydroxyl groups excluding tert-OH is 1. The Hall–Kier alpha value is -4.88. The summed E-state index contributed by atoms with van der Waals surface area (Å²) in [5, 5.41) is 23.2. The number of piperazine rings is 1. The minimum absolute atomic E-state index is 0.0910. The van der Waals surface area contributed by atoms with Gasteiger partial charge in [-0.2, -0.15) is 10.1 Å². The normalized spacial score (nSPS) is 13.8. The lowest BCUT2D eigenvalue weighted by molar-refractivity contribution is -0.129. The topological polar surface area (TPSA) is 150 Å². The third-order valence-electron chi connectivity index (χ3n) is 6.98. The molecule has 2 aromatic carbocycles. The Morgan fingerprint density at radius 3 is 2.65 bits per heavy atom. The highest BCUT2D eigenvalue weighted by Gasteiger charge is 2.20. The van der Waals surface area contributed by atoms with Gasteiger partial charge in [-0.25, -0.2) is 14.5 Å². The summed E-state index contributed by atoms with van der Waals surface area (Å²) < 4.78 is 7.14. The molecule has 4 aromatic rings. The number of carbonyl (C=O) groups is 2. The van der Waals surface area contributed by atoms with Crippen molar-refractivity contribution in [2.24, 2.45) is 0 Å². The molecule has 43 heavy (non-hydrogen) atoms. The number of benzene rings is 2. The number of urea groups is 1. The summed E-state index contributed by atoms with van der Waals surface area (Å²) in [6, 6.07) is 13.3. The molecule has 1 aliphatic rings. The number of hydrogen-bond donors (Lipinski definition) is 4. The molecule has 0 bridgehead atoms. The van der Waals surface area contributed by atoms with Crippen molar-refractivity contribution >= 4 is 46.5 Å². The van der Waals surface area contributed by atoms with Crippen LogP contribution >= 0.6 is 11.6 Å². The SMILES string of the molecule is COc1cc(N2CCN(C(C)=O)CC2)ccc1Nc1nccc(-n2cc(NC(=O)N[C@H](CO)c3cccc(Cl)c3)cn2)n1. The molecule has 3 heterocycles. The number of methoxy groups -OCH3 is 1. The number of carbonyl (C=O) groups excluding carboxylic acids is 2. The first-order valence-electron chi connectivity index (χ1n) is 13.6. The minimum Gasteiger partial charge on any atom is -0.494 e. The molecule has 224 valence electrons. The van der Waals surface area contributed by atoms with Gasteiger partial charge in [-0.1, -0.05) is 23.7 Å². The highest BCUT2D eigenvalue weighted by Crippen LogP contribution is 2.32. The van der Waals surface area contributed by atoms with Gasteiger partial charge in [-0.3, -0.25) is 4.79 Å². The molecule has 14 heteroatoms.